The van der Waals surface area contributed by atoms with Crippen molar-refractivity contribution in [1.82, 2.24) is 0 Å². The first-order valence-electron chi connectivity index (χ1n) is 4.50. The lowest BCUT2D eigenvalue weighted by molar-refractivity contribution is -0.386. The minimum absolute atomic E-state index is 0.0547. The van der Waals surface area contributed by atoms with Gasteiger partial charge in [-0.2, -0.15) is 0 Å². The number of rotatable bonds is 2. The third-order valence-electron chi connectivity index (χ3n) is 2.11. The van der Waals surface area contributed by atoms with Gasteiger partial charge in [0.25, 0.3) is 0 Å². The highest BCUT2D eigenvalue weighted by atomic mass is 35.5. The van der Waals surface area contributed by atoms with E-state index < -0.39 is 11.0 Å². The van der Waals surface area contributed by atoms with E-state index in [-0.39, 0.29) is 35.4 Å². The molecule has 0 spiro atoms. The standard InChI is InChI=1S/C9H8ClNO5/c10-5-1-7(11(13)14)9-8(2-5)16-6(3-12)4-15-9/h1-2,6,12H,3-4H2/t6-/m1/s1. The number of nitrogens with zero attached hydrogens (tertiary/aromatic N) is 1. The second-order valence-corrected chi connectivity index (χ2v) is 3.68. The Balaban J connectivity index is 2.45. The predicted molar refractivity (Wildman–Crippen MR) is 55.1 cm³/mol. The largest absolute Gasteiger partial charge is 0.480 e. The quantitative estimate of drug-likeness (QED) is 0.629. The summed E-state index contributed by atoms with van der Waals surface area (Å²) in [5.41, 5.74) is -0.237. The minimum Gasteiger partial charge on any atom is -0.480 e. The van der Waals surface area contributed by atoms with Gasteiger partial charge in [0.2, 0.25) is 5.75 Å². The second kappa shape index (κ2) is 4.15. The van der Waals surface area contributed by atoms with Crippen molar-refractivity contribution in [3.05, 3.63) is 27.3 Å². The number of nitro groups is 1. The highest BCUT2D eigenvalue weighted by molar-refractivity contribution is 6.31. The van der Waals surface area contributed by atoms with Gasteiger partial charge in [0.05, 0.1) is 16.6 Å². The van der Waals surface area contributed by atoms with Crippen LogP contribution in [0.3, 0.4) is 0 Å². The van der Waals surface area contributed by atoms with E-state index in [0.29, 0.717) is 0 Å². The highest BCUT2D eigenvalue weighted by Crippen LogP contribution is 2.42. The zero-order valence-corrected chi connectivity index (χ0v) is 8.81. The van der Waals surface area contributed by atoms with Crippen LogP contribution in [0.4, 0.5) is 5.69 Å². The van der Waals surface area contributed by atoms with Gasteiger partial charge in [-0.15, -0.1) is 0 Å². The molecular formula is C9H8ClNO5. The molecule has 1 aliphatic rings. The Kier molecular flexibility index (Phi) is 2.84. The molecule has 0 saturated carbocycles. The fourth-order valence-electron chi connectivity index (χ4n) is 1.40. The Morgan fingerprint density at radius 2 is 2.38 bits per heavy atom. The molecule has 0 saturated heterocycles. The topological polar surface area (TPSA) is 81.8 Å². The molecule has 0 unspecified atom stereocenters. The number of benzene rings is 1. The molecule has 1 aliphatic heterocycles. The van der Waals surface area contributed by atoms with Gasteiger partial charge < -0.3 is 14.6 Å². The van der Waals surface area contributed by atoms with Crippen molar-refractivity contribution in [3.8, 4) is 11.5 Å². The van der Waals surface area contributed by atoms with E-state index >= 15 is 0 Å². The summed E-state index contributed by atoms with van der Waals surface area (Å²) < 4.78 is 10.5. The maximum atomic E-state index is 10.7. The van der Waals surface area contributed by atoms with Crippen LogP contribution in [0.15, 0.2) is 12.1 Å². The predicted octanol–water partition coefficient (Wildman–Crippen LogP) is 1.38. The molecule has 0 radical (unpaired) electrons. The summed E-state index contributed by atoms with van der Waals surface area (Å²) in [6.45, 7) is -0.147. The summed E-state index contributed by atoms with van der Waals surface area (Å²) in [5.74, 6) is 0.239. The van der Waals surface area contributed by atoms with Crippen LogP contribution >= 0.6 is 11.6 Å². The van der Waals surface area contributed by atoms with Crippen LogP contribution in [0, 0.1) is 10.1 Å². The van der Waals surface area contributed by atoms with E-state index in [1.165, 1.54) is 12.1 Å². The van der Waals surface area contributed by atoms with Crippen molar-refractivity contribution < 1.29 is 19.5 Å². The zero-order chi connectivity index (χ0) is 11.7. The van der Waals surface area contributed by atoms with E-state index in [4.69, 9.17) is 26.2 Å². The molecule has 86 valence electrons. The van der Waals surface area contributed by atoms with Crippen LogP contribution in [0.5, 0.6) is 11.5 Å². The molecular weight excluding hydrogens is 238 g/mol. The van der Waals surface area contributed by atoms with E-state index in [9.17, 15) is 10.1 Å². The van der Waals surface area contributed by atoms with E-state index in [1.807, 2.05) is 0 Å². The maximum absolute atomic E-state index is 10.7. The first kappa shape index (κ1) is 11.0. The lowest BCUT2D eigenvalue weighted by Crippen LogP contribution is -2.32. The summed E-state index contributed by atoms with van der Waals surface area (Å²) in [6.07, 6.45) is -0.523. The highest BCUT2D eigenvalue weighted by Gasteiger charge is 2.28. The Hall–Kier alpha value is -1.53. The molecule has 1 aromatic carbocycles. The molecule has 0 bridgehead atoms. The first-order valence-corrected chi connectivity index (χ1v) is 4.88. The van der Waals surface area contributed by atoms with Gasteiger partial charge in [-0.3, -0.25) is 10.1 Å². The smallest absolute Gasteiger partial charge is 0.316 e. The van der Waals surface area contributed by atoms with Crippen molar-refractivity contribution in [3.63, 3.8) is 0 Å². The fraction of sp³-hybridized carbons (Fsp3) is 0.333. The van der Waals surface area contributed by atoms with Crippen molar-refractivity contribution in [1.29, 1.82) is 0 Å². The van der Waals surface area contributed by atoms with Gasteiger partial charge in [-0.1, -0.05) is 11.6 Å². The van der Waals surface area contributed by atoms with Crippen molar-refractivity contribution in [2.24, 2.45) is 0 Å². The molecule has 6 nitrogen and oxygen atoms in total. The molecule has 7 heteroatoms. The number of aliphatic hydroxyl groups is 1. The normalized spacial score (nSPS) is 18.2. The van der Waals surface area contributed by atoms with Crippen LogP contribution in [0.25, 0.3) is 0 Å². The number of nitro benzene ring substituents is 1. The van der Waals surface area contributed by atoms with Gasteiger partial charge in [0.1, 0.15) is 6.61 Å². The molecule has 0 fully saturated rings. The van der Waals surface area contributed by atoms with Crippen molar-refractivity contribution >= 4 is 17.3 Å². The van der Waals surface area contributed by atoms with Gasteiger partial charge in [-0.25, -0.2) is 0 Å². The first-order chi connectivity index (χ1) is 7.61. The number of hydrogen-bond acceptors (Lipinski definition) is 5. The molecule has 1 atom stereocenters. The average Bonchev–Trinajstić information content (AvgIpc) is 2.26. The van der Waals surface area contributed by atoms with Crippen LogP contribution in [0.2, 0.25) is 5.02 Å². The average molecular weight is 246 g/mol. The maximum Gasteiger partial charge on any atom is 0.316 e. The van der Waals surface area contributed by atoms with Crippen LogP contribution in [-0.2, 0) is 0 Å². The molecule has 0 amide bonds. The lowest BCUT2D eigenvalue weighted by Gasteiger charge is -2.24. The number of hydrogen-bond donors (Lipinski definition) is 1. The summed E-state index contributed by atoms with van der Waals surface area (Å²) in [5, 5.41) is 19.8. The monoisotopic (exact) mass is 245 g/mol. The third-order valence-corrected chi connectivity index (χ3v) is 2.33. The summed E-state index contributed by atoms with van der Waals surface area (Å²) in [7, 11) is 0. The molecule has 1 N–H and O–H groups in total. The zero-order valence-electron chi connectivity index (χ0n) is 8.05. The van der Waals surface area contributed by atoms with Gasteiger partial charge in [0.15, 0.2) is 11.9 Å². The molecule has 0 aromatic heterocycles. The number of halogens is 1. The van der Waals surface area contributed by atoms with Gasteiger partial charge in [-0.05, 0) is 0 Å². The number of aliphatic hydroxyl groups excluding tert-OH is 1. The van der Waals surface area contributed by atoms with E-state index in [1.54, 1.807) is 0 Å². The Bertz CT molecular complexity index is 436. The van der Waals surface area contributed by atoms with Crippen LogP contribution in [-0.4, -0.2) is 29.3 Å². The molecule has 0 aliphatic carbocycles. The van der Waals surface area contributed by atoms with Gasteiger partial charge in [0, 0.05) is 12.1 Å². The molecule has 16 heavy (non-hydrogen) atoms. The summed E-state index contributed by atoms with van der Waals surface area (Å²) in [4.78, 5) is 10.1. The second-order valence-electron chi connectivity index (χ2n) is 3.24. The Morgan fingerprint density at radius 3 is 3.00 bits per heavy atom. The third kappa shape index (κ3) is 1.89. The summed E-state index contributed by atoms with van der Waals surface area (Å²) >= 11 is 5.71. The van der Waals surface area contributed by atoms with E-state index in [2.05, 4.69) is 0 Å². The molecule has 1 heterocycles. The van der Waals surface area contributed by atoms with E-state index in [0.717, 1.165) is 0 Å². The van der Waals surface area contributed by atoms with Gasteiger partial charge >= 0.3 is 5.69 Å². The Morgan fingerprint density at radius 1 is 1.62 bits per heavy atom. The number of ether oxygens (including phenoxy) is 2. The molecule has 1 aromatic rings. The Labute approximate surface area is 95.5 Å². The number of fused-ring (bicyclic) bond motifs is 1. The van der Waals surface area contributed by atoms with Crippen LogP contribution in [0.1, 0.15) is 0 Å². The van der Waals surface area contributed by atoms with Crippen molar-refractivity contribution in [2.75, 3.05) is 13.2 Å². The minimum atomic E-state index is -0.590. The van der Waals surface area contributed by atoms with Crippen LogP contribution < -0.4 is 9.47 Å². The lowest BCUT2D eigenvalue weighted by atomic mass is 10.2. The summed E-state index contributed by atoms with van der Waals surface area (Å²) in [6, 6.07) is 2.62. The van der Waals surface area contributed by atoms with Crippen molar-refractivity contribution in [2.45, 2.75) is 6.10 Å². The SMILES string of the molecule is O=[N+]([O-])c1cc(Cl)cc2c1OC[C@@H](CO)O2. The fourth-order valence-corrected chi connectivity index (χ4v) is 1.61. The molecule has 2 rings (SSSR count).